The predicted octanol–water partition coefficient (Wildman–Crippen LogP) is 3.01. The summed E-state index contributed by atoms with van der Waals surface area (Å²) in [6.07, 6.45) is 3.09. The lowest BCUT2D eigenvalue weighted by molar-refractivity contribution is -0.123. The minimum atomic E-state index is -0.547. The van der Waals surface area contributed by atoms with Crippen molar-refractivity contribution in [3.8, 4) is 0 Å². The molecule has 1 heterocycles. The molecule has 0 spiro atoms. The van der Waals surface area contributed by atoms with Gasteiger partial charge in [-0.3, -0.25) is 9.59 Å². The second-order valence-electron chi connectivity index (χ2n) is 6.00. The molecule has 3 nitrogen and oxygen atoms in total. The summed E-state index contributed by atoms with van der Waals surface area (Å²) in [5.74, 6) is -0.431. The van der Waals surface area contributed by atoms with Crippen LogP contribution < -0.4 is 4.90 Å². The van der Waals surface area contributed by atoms with Crippen LogP contribution in [-0.4, -0.2) is 11.8 Å². The molecule has 2 bridgehead atoms. The van der Waals surface area contributed by atoms with Crippen molar-refractivity contribution in [2.75, 3.05) is 4.90 Å². The lowest BCUT2D eigenvalue weighted by Gasteiger charge is -2.19. The van der Waals surface area contributed by atoms with Crippen molar-refractivity contribution >= 4 is 29.1 Å². The Morgan fingerprint density at radius 2 is 1.70 bits per heavy atom. The smallest absolute Gasteiger partial charge is 0.237 e. The molecular weight excluding hydrogens is 281 g/mol. The van der Waals surface area contributed by atoms with E-state index in [1.165, 1.54) is 23.1 Å². The van der Waals surface area contributed by atoms with Gasteiger partial charge in [0.05, 0.1) is 22.5 Å². The first-order valence-electron chi connectivity index (χ1n) is 6.91. The van der Waals surface area contributed by atoms with E-state index in [1.807, 2.05) is 0 Å². The SMILES string of the molecule is O=C1[C@@H]2[C@H]3CC[C@@H](C3)[C@@H]2C(=O)N1c1ccc(F)c(Cl)c1. The number of hydrogen-bond donors (Lipinski definition) is 0. The number of rotatable bonds is 1. The monoisotopic (exact) mass is 293 g/mol. The number of benzene rings is 1. The van der Waals surface area contributed by atoms with Gasteiger partial charge in [0.1, 0.15) is 5.82 Å². The molecule has 1 aromatic carbocycles. The van der Waals surface area contributed by atoms with Gasteiger partial charge in [0.2, 0.25) is 11.8 Å². The van der Waals surface area contributed by atoms with E-state index in [4.69, 9.17) is 11.6 Å². The van der Waals surface area contributed by atoms with Crippen molar-refractivity contribution in [2.24, 2.45) is 23.7 Å². The number of carbonyl (C=O) groups is 2. The summed E-state index contributed by atoms with van der Waals surface area (Å²) in [4.78, 5) is 26.3. The highest BCUT2D eigenvalue weighted by atomic mass is 35.5. The van der Waals surface area contributed by atoms with Crippen molar-refractivity contribution in [2.45, 2.75) is 19.3 Å². The Hall–Kier alpha value is -1.42. The van der Waals surface area contributed by atoms with Crippen LogP contribution in [0.25, 0.3) is 0 Å². The molecule has 4 atom stereocenters. The van der Waals surface area contributed by atoms with Gasteiger partial charge in [0.15, 0.2) is 0 Å². The Balaban J connectivity index is 1.74. The maximum absolute atomic E-state index is 13.2. The number of carbonyl (C=O) groups excluding carboxylic acids is 2. The third-order valence-corrected chi connectivity index (χ3v) is 5.38. The van der Waals surface area contributed by atoms with E-state index in [9.17, 15) is 14.0 Å². The lowest BCUT2D eigenvalue weighted by atomic mass is 9.81. The topological polar surface area (TPSA) is 37.4 Å². The molecule has 2 aliphatic carbocycles. The number of nitrogens with zero attached hydrogens (tertiary/aromatic N) is 1. The molecule has 5 heteroatoms. The molecule has 1 aromatic rings. The zero-order valence-electron chi connectivity index (χ0n) is 10.7. The summed E-state index contributed by atoms with van der Waals surface area (Å²) in [7, 11) is 0. The van der Waals surface area contributed by atoms with Crippen LogP contribution >= 0.6 is 11.6 Å². The number of hydrogen-bond acceptors (Lipinski definition) is 2. The number of amides is 2. The van der Waals surface area contributed by atoms with Crippen LogP contribution in [0.15, 0.2) is 18.2 Å². The maximum atomic E-state index is 13.2. The van der Waals surface area contributed by atoms with Crippen molar-refractivity contribution < 1.29 is 14.0 Å². The Bertz CT molecular complexity index is 604. The highest BCUT2D eigenvalue weighted by Gasteiger charge is 2.61. The summed E-state index contributed by atoms with van der Waals surface area (Å²) >= 11 is 5.75. The van der Waals surface area contributed by atoms with Crippen LogP contribution in [0.4, 0.5) is 10.1 Å². The fraction of sp³-hybridized carbons (Fsp3) is 0.467. The average molecular weight is 294 g/mol. The Labute approximate surface area is 120 Å². The summed E-state index contributed by atoms with van der Waals surface area (Å²) in [6.45, 7) is 0. The van der Waals surface area contributed by atoms with Crippen molar-refractivity contribution in [3.05, 3.63) is 29.0 Å². The number of halogens is 2. The molecule has 3 aliphatic rings. The number of imide groups is 1. The van der Waals surface area contributed by atoms with Crippen molar-refractivity contribution in [3.63, 3.8) is 0 Å². The third kappa shape index (κ3) is 1.46. The summed E-state index contributed by atoms with van der Waals surface area (Å²) in [5.41, 5.74) is 0.389. The second-order valence-corrected chi connectivity index (χ2v) is 6.40. The standard InChI is InChI=1S/C15H13ClFNO2/c16-10-6-9(3-4-11(10)17)18-14(19)12-7-1-2-8(5-7)13(12)15(18)20/h3-4,6-8,12-13H,1-2,5H2/t7-,8-,12-,13+/m0/s1. The first kappa shape index (κ1) is 12.3. The van der Waals surface area contributed by atoms with Gasteiger partial charge in [-0.05, 0) is 49.3 Å². The molecule has 104 valence electrons. The fourth-order valence-corrected chi connectivity index (χ4v) is 4.46. The largest absolute Gasteiger partial charge is 0.274 e. The molecule has 1 aliphatic heterocycles. The number of anilines is 1. The van der Waals surface area contributed by atoms with Gasteiger partial charge in [-0.25, -0.2) is 9.29 Å². The highest BCUT2D eigenvalue weighted by Crippen LogP contribution is 2.56. The second kappa shape index (κ2) is 4.04. The summed E-state index contributed by atoms with van der Waals surface area (Å²) in [5, 5.41) is -0.0665. The summed E-state index contributed by atoms with van der Waals surface area (Å²) in [6, 6.07) is 4.00. The van der Waals surface area contributed by atoms with E-state index in [1.54, 1.807) is 0 Å². The first-order chi connectivity index (χ1) is 9.58. The van der Waals surface area contributed by atoms with Crippen LogP contribution in [0.3, 0.4) is 0 Å². The average Bonchev–Trinajstić information content (AvgIpc) is 3.08. The molecule has 0 aromatic heterocycles. The van der Waals surface area contributed by atoms with E-state index < -0.39 is 5.82 Å². The molecule has 20 heavy (non-hydrogen) atoms. The van der Waals surface area contributed by atoms with E-state index in [0.717, 1.165) is 19.3 Å². The van der Waals surface area contributed by atoms with Gasteiger partial charge >= 0.3 is 0 Å². The highest BCUT2D eigenvalue weighted by molar-refractivity contribution is 6.31. The first-order valence-corrected chi connectivity index (χ1v) is 7.28. The normalized spacial score (nSPS) is 35.0. The molecule has 1 saturated heterocycles. The van der Waals surface area contributed by atoms with Gasteiger partial charge in [-0.15, -0.1) is 0 Å². The predicted molar refractivity (Wildman–Crippen MR) is 71.7 cm³/mol. The van der Waals surface area contributed by atoms with Gasteiger partial charge in [0.25, 0.3) is 0 Å². The molecule has 3 fully saturated rings. The van der Waals surface area contributed by atoms with Crippen LogP contribution in [0.2, 0.25) is 5.02 Å². The van der Waals surface area contributed by atoms with E-state index >= 15 is 0 Å². The quantitative estimate of drug-likeness (QED) is 0.747. The summed E-state index contributed by atoms with van der Waals surface area (Å²) < 4.78 is 13.2. The molecule has 4 rings (SSSR count). The number of fused-ring (bicyclic) bond motifs is 5. The van der Waals surface area contributed by atoms with Gasteiger partial charge in [-0.1, -0.05) is 11.6 Å². The molecular formula is C15H13ClFNO2. The van der Waals surface area contributed by atoms with Crippen LogP contribution in [0.1, 0.15) is 19.3 Å². The van der Waals surface area contributed by atoms with E-state index in [2.05, 4.69) is 0 Å². The van der Waals surface area contributed by atoms with Crippen LogP contribution in [0.5, 0.6) is 0 Å². The van der Waals surface area contributed by atoms with Crippen molar-refractivity contribution in [1.29, 1.82) is 0 Å². The molecule has 2 saturated carbocycles. The minimum Gasteiger partial charge on any atom is -0.274 e. The van der Waals surface area contributed by atoms with Gasteiger partial charge in [0, 0.05) is 0 Å². The fourth-order valence-electron chi connectivity index (χ4n) is 4.29. The molecule has 0 radical (unpaired) electrons. The molecule has 2 amide bonds. The molecule has 0 N–H and O–H groups in total. The van der Waals surface area contributed by atoms with Gasteiger partial charge < -0.3 is 0 Å². The van der Waals surface area contributed by atoms with Crippen LogP contribution in [-0.2, 0) is 9.59 Å². The maximum Gasteiger partial charge on any atom is 0.237 e. The third-order valence-electron chi connectivity index (χ3n) is 5.09. The molecule has 0 unspecified atom stereocenters. The van der Waals surface area contributed by atoms with E-state index in [-0.39, 0.29) is 28.7 Å². The zero-order valence-corrected chi connectivity index (χ0v) is 11.4. The lowest BCUT2D eigenvalue weighted by Crippen LogP contribution is -2.32. The Kier molecular flexibility index (Phi) is 2.49. The zero-order chi connectivity index (χ0) is 14.0. The Morgan fingerprint density at radius 3 is 2.25 bits per heavy atom. The van der Waals surface area contributed by atoms with E-state index in [0.29, 0.717) is 17.5 Å². The van der Waals surface area contributed by atoms with Crippen molar-refractivity contribution in [1.82, 2.24) is 0 Å². The minimum absolute atomic E-state index is 0.0665. The Morgan fingerprint density at radius 1 is 1.10 bits per heavy atom. The van der Waals surface area contributed by atoms with Crippen LogP contribution in [0, 0.1) is 29.5 Å². The van der Waals surface area contributed by atoms with Gasteiger partial charge in [-0.2, -0.15) is 0 Å².